The van der Waals surface area contributed by atoms with Crippen molar-refractivity contribution in [1.29, 1.82) is 0 Å². The smallest absolute Gasteiger partial charge is 0.325 e. The topological polar surface area (TPSA) is 98.0 Å². The first-order valence-electron chi connectivity index (χ1n) is 11.2. The molecule has 0 saturated carbocycles. The molecule has 1 aromatic heterocycles. The standard InChI is InChI=1S/C24H26ClN3O5S2/c1-15-10-12-27(13-11-15)35(31,32)18-6-4-17(5-7-18)23(30)26-24-28(14-21(29)33-3)22-16(2)19(25)8-9-20(22)34-24/h4-9,15H,10-14H2,1-3H3. The summed E-state index contributed by atoms with van der Waals surface area (Å²) in [6, 6.07) is 9.37. The Labute approximate surface area is 212 Å². The lowest BCUT2D eigenvalue weighted by atomic mass is 10.0. The summed E-state index contributed by atoms with van der Waals surface area (Å²) in [5.41, 5.74) is 1.71. The molecule has 8 nitrogen and oxygen atoms in total. The van der Waals surface area contributed by atoms with E-state index in [1.807, 2.05) is 13.0 Å². The molecule has 1 aliphatic heterocycles. The van der Waals surface area contributed by atoms with E-state index >= 15 is 0 Å². The fourth-order valence-corrected chi connectivity index (χ4v) is 6.75. The highest BCUT2D eigenvalue weighted by Gasteiger charge is 2.28. The molecule has 1 fully saturated rings. The zero-order valence-electron chi connectivity index (χ0n) is 19.7. The van der Waals surface area contributed by atoms with E-state index < -0.39 is 21.9 Å². The van der Waals surface area contributed by atoms with Crippen molar-refractivity contribution < 1.29 is 22.7 Å². The van der Waals surface area contributed by atoms with Crippen LogP contribution in [0.1, 0.15) is 35.7 Å². The number of carbonyl (C=O) groups is 2. The molecule has 3 aromatic rings. The van der Waals surface area contributed by atoms with E-state index in [2.05, 4.69) is 11.9 Å². The fourth-order valence-electron chi connectivity index (χ4n) is 4.04. The SMILES string of the molecule is COC(=O)Cn1c(=NC(=O)c2ccc(S(=O)(=O)N3CCC(C)CC3)cc2)sc2ccc(Cl)c(C)c21. The van der Waals surface area contributed by atoms with Gasteiger partial charge in [0.2, 0.25) is 10.0 Å². The third-order valence-corrected chi connectivity index (χ3v) is 9.59. The number of benzene rings is 2. The quantitative estimate of drug-likeness (QED) is 0.460. The van der Waals surface area contributed by atoms with E-state index in [0.29, 0.717) is 34.3 Å². The van der Waals surface area contributed by atoms with Crippen LogP contribution in [0.4, 0.5) is 0 Å². The van der Waals surface area contributed by atoms with Crippen LogP contribution in [0.5, 0.6) is 0 Å². The number of thiazole rings is 1. The molecular weight excluding hydrogens is 510 g/mol. The lowest BCUT2D eigenvalue weighted by molar-refractivity contribution is -0.141. The van der Waals surface area contributed by atoms with Gasteiger partial charge in [-0.15, -0.1) is 0 Å². The molecule has 11 heteroatoms. The Morgan fingerprint density at radius 2 is 1.80 bits per heavy atom. The van der Waals surface area contributed by atoms with Gasteiger partial charge in [-0.1, -0.05) is 29.9 Å². The second-order valence-electron chi connectivity index (χ2n) is 8.59. The Bertz CT molecular complexity index is 1450. The van der Waals surface area contributed by atoms with Gasteiger partial charge in [0, 0.05) is 23.7 Å². The normalized spacial score (nSPS) is 16.1. The number of aromatic nitrogens is 1. The molecule has 2 aromatic carbocycles. The van der Waals surface area contributed by atoms with Crippen molar-refractivity contribution >= 4 is 55.1 Å². The summed E-state index contributed by atoms with van der Waals surface area (Å²) in [6.07, 6.45) is 1.67. The minimum atomic E-state index is -3.61. The highest BCUT2D eigenvalue weighted by atomic mass is 35.5. The number of amides is 1. The van der Waals surface area contributed by atoms with Crippen molar-refractivity contribution in [2.24, 2.45) is 10.9 Å². The maximum atomic E-state index is 13.0. The first kappa shape index (κ1) is 25.6. The van der Waals surface area contributed by atoms with Gasteiger partial charge >= 0.3 is 5.97 Å². The molecule has 4 rings (SSSR count). The Balaban J connectivity index is 1.67. The van der Waals surface area contributed by atoms with Gasteiger partial charge in [-0.25, -0.2) is 8.42 Å². The number of hydrogen-bond acceptors (Lipinski definition) is 6. The second kappa shape index (κ2) is 10.2. The summed E-state index contributed by atoms with van der Waals surface area (Å²) in [5, 5.41) is 0.534. The Morgan fingerprint density at radius 1 is 1.14 bits per heavy atom. The third kappa shape index (κ3) is 5.20. The Kier molecular flexibility index (Phi) is 7.46. The van der Waals surface area contributed by atoms with Crippen LogP contribution < -0.4 is 4.80 Å². The molecule has 0 bridgehead atoms. The van der Waals surface area contributed by atoms with Crippen LogP contribution in [0.25, 0.3) is 10.2 Å². The number of nitrogens with zero attached hydrogens (tertiary/aromatic N) is 3. The predicted molar refractivity (Wildman–Crippen MR) is 135 cm³/mol. The number of ether oxygens (including phenoxy) is 1. The molecule has 1 amide bonds. The maximum absolute atomic E-state index is 13.0. The predicted octanol–water partition coefficient (Wildman–Crippen LogP) is 4.00. The summed E-state index contributed by atoms with van der Waals surface area (Å²) >= 11 is 7.54. The highest BCUT2D eigenvalue weighted by Crippen LogP contribution is 2.27. The van der Waals surface area contributed by atoms with Crippen LogP contribution >= 0.6 is 22.9 Å². The monoisotopic (exact) mass is 535 g/mol. The molecule has 0 unspecified atom stereocenters. The maximum Gasteiger partial charge on any atom is 0.325 e. The molecule has 0 radical (unpaired) electrons. The molecule has 0 aliphatic carbocycles. The minimum absolute atomic E-state index is 0.130. The molecule has 0 spiro atoms. The van der Waals surface area contributed by atoms with Crippen LogP contribution in [0.15, 0.2) is 46.3 Å². The van der Waals surface area contributed by atoms with E-state index in [4.69, 9.17) is 16.3 Å². The van der Waals surface area contributed by atoms with E-state index in [-0.39, 0.29) is 17.0 Å². The summed E-state index contributed by atoms with van der Waals surface area (Å²) in [6.45, 7) is 4.81. The number of hydrogen-bond donors (Lipinski definition) is 0. The first-order valence-corrected chi connectivity index (χ1v) is 13.8. The van der Waals surface area contributed by atoms with Crippen molar-refractivity contribution in [1.82, 2.24) is 8.87 Å². The summed E-state index contributed by atoms with van der Waals surface area (Å²) < 4.78 is 34.7. The lowest BCUT2D eigenvalue weighted by Crippen LogP contribution is -2.37. The molecule has 0 atom stereocenters. The minimum Gasteiger partial charge on any atom is -0.468 e. The largest absolute Gasteiger partial charge is 0.468 e. The van der Waals surface area contributed by atoms with Crippen LogP contribution in [0, 0.1) is 12.8 Å². The van der Waals surface area contributed by atoms with Crippen molar-refractivity contribution in [2.75, 3.05) is 20.2 Å². The number of carbonyl (C=O) groups excluding carboxylic acids is 2. The number of sulfonamides is 1. The summed E-state index contributed by atoms with van der Waals surface area (Å²) in [4.78, 5) is 29.7. The van der Waals surface area contributed by atoms with E-state index in [1.54, 1.807) is 10.6 Å². The average Bonchev–Trinajstić information content (AvgIpc) is 3.18. The average molecular weight is 536 g/mol. The van der Waals surface area contributed by atoms with Crippen molar-refractivity contribution in [3.63, 3.8) is 0 Å². The molecule has 0 N–H and O–H groups in total. The van der Waals surface area contributed by atoms with Crippen LogP contribution in [-0.4, -0.2) is 49.4 Å². The first-order chi connectivity index (χ1) is 16.6. The van der Waals surface area contributed by atoms with Crippen molar-refractivity contribution in [3.8, 4) is 0 Å². The zero-order chi connectivity index (χ0) is 25.3. The van der Waals surface area contributed by atoms with Gasteiger partial charge in [-0.3, -0.25) is 9.59 Å². The molecule has 2 heterocycles. The number of piperidine rings is 1. The van der Waals surface area contributed by atoms with Gasteiger partial charge in [0.1, 0.15) is 6.54 Å². The van der Waals surface area contributed by atoms with Gasteiger partial charge in [0.15, 0.2) is 4.80 Å². The molecule has 1 aliphatic rings. The van der Waals surface area contributed by atoms with Crippen molar-refractivity contribution in [3.05, 3.63) is 57.3 Å². The molecular formula is C24H26ClN3O5S2. The van der Waals surface area contributed by atoms with Gasteiger partial charge in [0.05, 0.1) is 22.2 Å². The molecule has 186 valence electrons. The van der Waals surface area contributed by atoms with Crippen LogP contribution in [0.3, 0.4) is 0 Å². The van der Waals surface area contributed by atoms with Gasteiger partial charge in [0.25, 0.3) is 5.91 Å². The van der Waals surface area contributed by atoms with E-state index in [1.165, 1.54) is 47.0 Å². The van der Waals surface area contributed by atoms with E-state index in [9.17, 15) is 18.0 Å². The lowest BCUT2D eigenvalue weighted by Gasteiger charge is -2.29. The number of fused-ring (bicyclic) bond motifs is 1. The van der Waals surface area contributed by atoms with Crippen LogP contribution in [0.2, 0.25) is 5.02 Å². The molecule has 1 saturated heterocycles. The van der Waals surface area contributed by atoms with Gasteiger partial charge in [-0.05, 0) is 67.6 Å². The molecule has 35 heavy (non-hydrogen) atoms. The number of rotatable bonds is 5. The number of halogens is 1. The Hall–Kier alpha value is -2.53. The second-order valence-corrected chi connectivity index (χ2v) is 11.9. The summed E-state index contributed by atoms with van der Waals surface area (Å²) in [7, 11) is -2.32. The summed E-state index contributed by atoms with van der Waals surface area (Å²) in [5.74, 6) is -0.520. The number of aryl methyl sites for hydroxylation is 1. The van der Waals surface area contributed by atoms with E-state index in [0.717, 1.165) is 23.1 Å². The highest BCUT2D eigenvalue weighted by molar-refractivity contribution is 7.89. The number of methoxy groups -OCH3 is 1. The van der Waals surface area contributed by atoms with Crippen LogP contribution in [-0.2, 0) is 26.1 Å². The number of esters is 1. The third-order valence-electron chi connectivity index (χ3n) is 6.22. The fraction of sp³-hybridized carbons (Fsp3) is 0.375. The van der Waals surface area contributed by atoms with Gasteiger partial charge < -0.3 is 9.30 Å². The zero-order valence-corrected chi connectivity index (χ0v) is 22.0. The van der Waals surface area contributed by atoms with Crippen molar-refractivity contribution in [2.45, 2.75) is 38.1 Å². The van der Waals surface area contributed by atoms with Gasteiger partial charge in [-0.2, -0.15) is 9.30 Å². The Morgan fingerprint density at radius 3 is 2.43 bits per heavy atom.